The Morgan fingerprint density at radius 2 is 1.72 bits per heavy atom. The van der Waals surface area contributed by atoms with Crippen LogP contribution in [0.5, 0.6) is 0 Å². The standard InChI is InChI=1S/C25H25N3O3S/c1-13(2)17-8-10-18(11-9-17)21-20(22(29)19-12-14(3)6-7-15(19)4)23(30)24(31)28(21)25-27-26-16(5)32-25/h6-13,21,29H,1-5H3/t21-/m0/s1. The van der Waals surface area contributed by atoms with Crippen LogP contribution in [0.2, 0.25) is 0 Å². The van der Waals surface area contributed by atoms with Crippen molar-refractivity contribution in [3.05, 3.63) is 80.9 Å². The summed E-state index contributed by atoms with van der Waals surface area (Å²) in [5.41, 5.74) is 4.25. The lowest BCUT2D eigenvalue weighted by Gasteiger charge is -2.23. The van der Waals surface area contributed by atoms with Crippen LogP contribution in [-0.2, 0) is 9.59 Å². The first-order valence-electron chi connectivity index (χ1n) is 10.5. The minimum Gasteiger partial charge on any atom is -0.507 e. The molecule has 32 heavy (non-hydrogen) atoms. The Hall–Kier alpha value is -3.32. The second-order valence-corrected chi connectivity index (χ2v) is 9.57. The third-order valence-corrected chi connectivity index (χ3v) is 6.57. The highest BCUT2D eigenvalue weighted by Crippen LogP contribution is 2.43. The lowest BCUT2D eigenvalue weighted by Crippen LogP contribution is -2.29. The number of aromatic nitrogens is 2. The minimum absolute atomic E-state index is 0.0638. The molecular formula is C25H25N3O3S. The summed E-state index contributed by atoms with van der Waals surface area (Å²) in [7, 11) is 0. The summed E-state index contributed by atoms with van der Waals surface area (Å²) in [5.74, 6) is -1.28. The highest BCUT2D eigenvalue weighted by atomic mass is 32.1. The summed E-state index contributed by atoms with van der Waals surface area (Å²) in [4.78, 5) is 27.7. The molecule has 1 amide bonds. The van der Waals surface area contributed by atoms with Crippen molar-refractivity contribution in [2.45, 2.75) is 46.6 Å². The number of ketones is 1. The molecule has 1 aromatic heterocycles. The Bertz CT molecular complexity index is 1240. The first-order chi connectivity index (χ1) is 15.2. The average Bonchev–Trinajstić information content (AvgIpc) is 3.30. The first-order valence-corrected chi connectivity index (χ1v) is 11.3. The van der Waals surface area contributed by atoms with Crippen molar-refractivity contribution >= 4 is 33.9 Å². The molecule has 1 fully saturated rings. The molecular weight excluding hydrogens is 422 g/mol. The minimum atomic E-state index is -0.788. The van der Waals surface area contributed by atoms with Gasteiger partial charge in [0.25, 0.3) is 5.78 Å². The topological polar surface area (TPSA) is 83.4 Å². The molecule has 6 nitrogen and oxygen atoms in total. The van der Waals surface area contributed by atoms with Crippen molar-refractivity contribution in [1.82, 2.24) is 10.2 Å². The molecule has 0 bridgehead atoms. The number of hydrogen-bond acceptors (Lipinski definition) is 6. The van der Waals surface area contributed by atoms with Gasteiger partial charge >= 0.3 is 5.91 Å². The molecule has 1 saturated heterocycles. The molecule has 4 rings (SSSR count). The third-order valence-electron chi connectivity index (χ3n) is 5.73. The monoisotopic (exact) mass is 447 g/mol. The molecule has 2 heterocycles. The van der Waals surface area contributed by atoms with Crippen LogP contribution in [0.3, 0.4) is 0 Å². The number of aliphatic hydroxyl groups is 1. The molecule has 0 spiro atoms. The summed E-state index contributed by atoms with van der Waals surface area (Å²) >= 11 is 1.24. The number of nitrogens with zero attached hydrogens (tertiary/aromatic N) is 3. The van der Waals surface area contributed by atoms with Gasteiger partial charge in [0.15, 0.2) is 0 Å². The fourth-order valence-electron chi connectivity index (χ4n) is 3.93. The highest BCUT2D eigenvalue weighted by molar-refractivity contribution is 7.15. The van der Waals surface area contributed by atoms with Gasteiger partial charge in [0.05, 0.1) is 11.6 Å². The summed E-state index contributed by atoms with van der Waals surface area (Å²) in [6, 6.07) is 12.7. The number of carbonyl (C=O) groups is 2. The molecule has 1 N–H and O–H groups in total. The van der Waals surface area contributed by atoms with Gasteiger partial charge in [-0.25, -0.2) is 0 Å². The van der Waals surface area contributed by atoms with E-state index in [9.17, 15) is 14.7 Å². The zero-order chi connectivity index (χ0) is 23.2. The number of Topliss-reactive ketones (excluding diaryl/α,β-unsaturated/α-hetero) is 1. The third kappa shape index (κ3) is 3.73. The van der Waals surface area contributed by atoms with E-state index in [1.54, 1.807) is 6.92 Å². The Morgan fingerprint density at radius 3 is 2.31 bits per heavy atom. The van der Waals surface area contributed by atoms with Crippen LogP contribution in [0.25, 0.3) is 5.76 Å². The Kier molecular flexibility index (Phi) is 5.69. The SMILES string of the molecule is Cc1ccc(C)c(C(O)=C2C(=O)C(=O)N(c3nnc(C)s3)[C@H]2c2ccc(C(C)C)cc2)c1. The van der Waals surface area contributed by atoms with Crippen molar-refractivity contribution in [2.75, 3.05) is 4.90 Å². The molecule has 0 saturated carbocycles. The van der Waals surface area contributed by atoms with Crippen molar-refractivity contribution in [2.24, 2.45) is 0 Å². The number of aryl methyl sites for hydroxylation is 3. The van der Waals surface area contributed by atoms with E-state index in [0.717, 1.165) is 22.3 Å². The maximum absolute atomic E-state index is 13.2. The number of hydrogen-bond donors (Lipinski definition) is 1. The fourth-order valence-corrected chi connectivity index (χ4v) is 4.64. The molecule has 2 aromatic carbocycles. The Labute approximate surface area is 191 Å². The van der Waals surface area contributed by atoms with E-state index >= 15 is 0 Å². The zero-order valence-electron chi connectivity index (χ0n) is 18.7. The van der Waals surface area contributed by atoms with Crippen LogP contribution in [0.15, 0.2) is 48.0 Å². The first kappa shape index (κ1) is 21.9. The van der Waals surface area contributed by atoms with Gasteiger partial charge in [-0.05, 0) is 49.4 Å². The maximum atomic E-state index is 13.2. The van der Waals surface area contributed by atoms with Crippen LogP contribution >= 0.6 is 11.3 Å². The lowest BCUT2D eigenvalue weighted by atomic mass is 9.92. The fraction of sp³-hybridized carbons (Fsp3) is 0.280. The predicted molar refractivity (Wildman–Crippen MR) is 126 cm³/mol. The average molecular weight is 448 g/mol. The number of benzene rings is 2. The second kappa shape index (κ2) is 8.31. The summed E-state index contributed by atoms with van der Waals surface area (Å²) < 4.78 is 0. The van der Waals surface area contributed by atoms with Gasteiger partial charge < -0.3 is 5.11 Å². The molecule has 0 unspecified atom stereocenters. The van der Waals surface area contributed by atoms with Crippen LogP contribution in [0, 0.1) is 20.8 Å². The molecule has 0 radical (unpaired) electrons. The van der Waals surface area contributed by atoms with E-state index in [1.807, 2.05) is 56.3 Å². The smallest absolute Gasteiger partial charge is 0.301 e. The molecule has 164 valence electrons. The van der Waals surface area contributed by atoms with E-state index in [1.165, 1.54) is 16.2 Å². The molecule has 3 aromatic rings. The summed E-state index contributed by atoms with van der Waals surface area (Å²) in [6.45, 7) is 9.78. The van der Waals surface area contributed by atoms with Gasteiger partial charge in [0.2, 0.25) is 5.13 Å². The van der Waals surface area contributed by atoms with E-state index in [0.29, 0.717) is 21.6 Å². The largest absolute Gasteiger partial charge is 0.507 e. The van der Waals surface area contributed by atoms with Crippen LogP contribution in [0.4, 0.5) is 5.13 Å². The second-order valence-electron chi connectivity index (χ2n) is 8.41. The zero-order valence-corrected chi connectivity index (χ0v) is 19.5. The van der Waals surface area contributed by atoms with Gasteiger partial charge in [-0.15, -0.1) is 10.2 Å². The van der Waals surface area contributed by atoms with Gasteiger partial charge in [-0.2, -0.15) is 0 Å². The van der Waals surface area contributed by atoms with Crippen molar-refractivity contribution in [3.8, 4) is 0 Å². The van der Waals surface area contributed by atoms with Crippen molar-refractivity contribution in [3.63, 3.8) is 0 Å². The van der Waals surface area contributed by atoms with Gasteiger partial charge in [0.1, 0.15) is 10.8 Å². The molecule has 7 heteroatoms. The molecule has 0 aliphatic carbocycles. The predicted octanol–water partition coefficient (Wildman–Crippen LogP) is 5.21. The van der Waals surface area contributed by atoms with E-state index in [4.69, 9.17) is 0 Å². The van der Waals surface area contributed by atoms with Crippen LogP contribution in [-0.4, -0.2) is 27.0 Å². The van der Waals surface area contributed by atoms with E-state index < -0.39 is 17.7 Å². The summed E-state index contributed by atoms with van der Waals surface area (Å²) in [5, 5.41) is 20.5. The molecule has 1 aliphatic rings. The van der Waals surface area contributed by atoms with Crippen LogP contribution < -0.4 is 4.90 Å². The molecule has 1 aliphatic heterocycles. The van der Waals surface area contributed by atoms with Crippen LogP contribution in [0.1, 0.15) is 58.6 Å². The molecule has 1 atom stereocenters. The summed E-state index contributed by atoms with van der Waals surface area (Å²) in [6.07, 6.45) is 0. The van der Waals surface area contributed by atoms with Crippen molar-refractivity contribution < 1.29 is 14.7 Å². The quantitative estimate of drug-likeness (QED) is 0.337. The lowest BCUT2D eigenvalue weighted by molar-refractivity contribution is -0.132. The van der Waals surface area contributed by atoms with Gasteiger partial charge in [-0.3, -0.25) is 14.5 Å². The number of rotatable bonds is 4. The Morgan fingerprint density at radius 1 is 1.03 bits per heavy atom. The van der Waals surface area contributed by atoms with Gasteiger partial charge in [0, 0.05) is 5.56 Å². The van der Waals surface area contributed by atoms with Gasteiger partial charge in [-0.1, -0.05) is 67.1 Å². The number of anilines is 1. The normalized spacial score (nSPS) is 18.1. The maximum Gasteiger partial charge on any atom is 0.301 e. The van der Waals surface area contributed by atoms with Crippen molar-refractivity contribution in [1.29, 1.82) is 0 Å². The highest BCUT2D eigenvalue weighted by Gasteiger charge is 2.48. The Balaban J connectivity index is 1.95. The number of aliphatic hydroxyl groups excluding tert-OH is 1. The van der Waals surface area contributed by atoms with E-state index in [-0.39, 0.29) is 11.3 Å². The number of amides is 1. The number of carbonyl (C=O) groups excluding carboxylic acids is 2. The van der Waals surface area contributed by atoms with E-state index in [2.05, 4.69) is 24.0 Å².